The highest BCUT2D eigenvalue weighted by Crippen LogP contribution is 2.31. The predicted octanol–water partition coefficient (Wildman–Crippen LogP) is 3.79. The lowest BCUT2D eigenvalue weighted by Crippen LogP contribution is -2.28. The smallest absolute Gasteiger partial charge is 0.225 e. The Kier molecular flexibility index (Phi) is 3.73. The van der Waals surface area contributed by atoms with Gasteiger partial charge in [-0.15, -0.1) is 0 Å². The largest absolute Gasteiger partial charge is 0.497 e. The van der Waals surface area contributed by atoms with Gasteiger partial charge in [0.1, 0.15) is 11.3 Å². The third kappa shape index (κ3) is 2.64. The minimum atomic E-state index is 0.0234. The van der Waals surface area contributed by atoms with E-state index in [2.05, 4.69) is 23.5 Å². The van der Waals surface area contributed by atoms with Crippen LogP contribution >= 0.6 is 0 Å². The molecule has 1 aromatic heterocycles. The number of benzene rings is 2. The molecule has 24 heavy (non-hydrogen) atoms. The minimum absolute atomic E-state index is 0.0234. The quantitative estimate of drug-likeness (QED) is 0.795. The molecule has 1 aliphatic carbocycles. The lowest BCUT2D eigenvalue weighted by molar-refractivity contribution is -0.121. The van der Waals surface area contributed by atoms with E-state index in [4.69, 9.17) is 9.15 Å². The Bertz CT molecular complexity index is 897. The molecule has 0 fully saturated rings. The summed E-state index contributed by atoms with van der Waals surface area (Å²) in [7, 11) is 1.62. The maximum absolute atomic E-state index is 12.5. The van der Waals surface area contributed by atoms with Gasteiger partial charge in [0.2, 0.25) is 5.91 Å². The summed E-state index contributed by atoms with van der Waals surface area (Å²) in [6, 6.07) is 14.1. The number of amides is 1. The van der Waals surface area contributed by atoms with Gasteiger partial charge in [0.15, 0.2) is 0 Å². The monoisotopic (exact) mass is 321 g/mol. The number of fused-ring (bicyclic) bond motifs is 2. The van der Waals surface area contributed by atoms with Gasteiger partial charge in [0, 0.05) is 17.0 Å². The molecule has 0 aliphatic heterocycles. The van der Waals surface area contributed by atoms with Crippen molar-refractivity contribution >= 4 is 16.9 Å². The van der Waals surface area contributed by atoms with Gasteiger partial charge < -0.3 is 14.5 Å². The fraction of sp³-hybridized carbons (Fsp3) is 0.250. The second-order valence-electron chi connectivity index (χ2n) is 6.16. The Labute approximate surface area is 140 Å². The van der Waals surface area contributed by atoms with Gasteiger partial charge in [0.05, 0.1) is 25.8 Å². The van der Waals surface area contributed by atoms with Gasteiger partial charge in [0.25, 0.3) is 0 Å². The van der Waals surface area contributed by atoms with Crippen LogP contribution in [0.15, 0.2) is 53.1 Å². The molecule has 1 heterocycles. The first kappa shape index (κ1) is 14.8. The van der Waals surface area contributed by atoms with Crippen molar-refractivity contribution in [3.8, 4) is 5.75 Å². The van der Waals surface area contributed by atoms with Crippen molar-refractivity contribution in [2.75, 3.05) is 7.11 Å². The van der Waals surface area contributed by atoms with Gasteiger partial charge >= 0.3 is 0 Å². The van der Waals surface area contributed by atoms with Crippen LogP contribution in [0.25, 0.3) is 11.0 Å². The molecule has 0 saturated heterocycles. The summed E-state index contributed by atoms with van der Waals surface area (Å²) < 4.78 is 10.8. The van der Waals surface area contributed by atoms with Crippen molar-refractivity contribution in [1.82, 2.24) is 5.32 Å². The Morgan fingerprint density at radius 1 is 1.29 bits per heavy atom. The summed E-state index contributed by atoms with van der Waals surface area (Å²) in [5.74, 6) is 0.769. The number of methoxy groups -OCH3 is 1. The number of nitrogens with one attached hydrogen (secondary N) is 1. The molecular weight excluding hydrogens is 302 g/mol. The standard InChI is InChI=1S/C20H19NO3/c1-23-15-7-8-17-14(12-24-19(17)11-15)10-20(22)21-18-9-6-13-4-2-3-5-16(13)18/h2-5,7-8,11-12,18H,6,9-10H2,1H3,(H,21,22). The molecule has 1 aliphatic rings. The molecule has 0 radical (unpaired) electrons. The van der Waals surface area contributed by atoms with Crippen molar-refractivity contribution < 1.29 is 13.9 Å². The zero-order valence-electron chi connectivity index (χ0n) is 13.5. The number of aryl methyl sites for hydroxylation is 1. The van der Waals surface area contributed by atoms with Gasteiger partial charge in [-0.3, -0.25) is 4.79 Å². The molecule has 1 atom stereocenters. The number of hydrogen-bond donors (Lipinski definition) is 1. The van der Waals surface area contributed by atoms with Crippen LogP contribution in [0.3, 0.4) is 0 Å². The molecule has 1 amide bonds. The van der Waals surface area contributed by atoms with E-state index >= 15 is 0 Å². The van der Waals surface area contributed by atoms with E-state index in [9.17, 15) is 4.79 Å². The van der Waals surface area contributed by atoms with Gasteiger partial charge in [-0.25, -0.2) is 0 Å². The van der Waals surface area contributed by atoms with Crippen LogP contribution in [-0.2, 0) is 17.6 Å². The average molecular weight is 321 g/mol. The molecule has 0 bridgehead atoms. The van der Waals surface area contributed by atoms with E-state index in [-0.39, 0.29) is 11.9 Å². The van der Waals surface area contributed by atoms with Crippen LogP contribution in [0, 0.1) is 0 Å². The molecule has 4 heteroatoms. The van der Waals surface area contributed by atoms with E-state index < -0.39 is 0 Å². The van der Waals surface area contributed by atoms with Crippen LogP contribution in [-0.4, -0.2) is 13.0 Å². The number of rotatable bonds is 4. The molecule has 1 N–H and O–H groups in total. The van der Waals surface area contributed by atoms with Crippen LogP contribution in [0.4, 0.5) is 0 Å². The number of hydrogen-bond acceptors (Lipinski definition) is 3. The van der Waals surface area contributed by atoms with E-state index in [1.54, 1.807) is 13.4 Å². The Morgan fingerprint density at radius 2 is 2.17 bits per heavy atom. The van der Waals surface area contributed by atoms with Crippen molar-refractivity contribution in [1.29, 1.82) is 0 Å². The summed E-state index contributed by atoms with van der Waals surface area (Å²) in [6.45, 7) is 0. The average Bonchev–Trinajstić information content (AvgIpc) is 3.19. The number of furan rings is 1. The third-order valence-corrected chi connectivity index (χ3v) is 4.68. The Balaban J connectivity index is 1.49. The molecule has 0 spiro atoms. The first-order valence-corrected chi connectivity index (χ1v) is 8.16. The minimum Gasteiger partial charge on any atom is -0.497 e. The van der Waals surface area contributed by atoms with Crippen LogP contribution in [0.1, 0.15) is 29.2 Å². The molecule has 0 saturated carbocycles. The highest BCUT2D eigenvalue weighted by Gasteiger charge is 2.23. The number of carbonyl (C=O) groups excluding carboxylic acids is 1. The Hall–Kier alpha value is -2.75. The van der Waals surface area contributed by atoms with Crippen LogP contribution < -0.4 is 10.1 Å². The predicted molar refractivity (Wildman–Crippen MR) is 92.1 cm³/mol. The van der Waals surface area contributed by atoms with Crippen molar-refractivity contribution in [3.63, 3.8) is 0 Å². The summed E-state index contributed by atoms with van der Waals surface area (Å²) in [4.78, 5) is 12.5. The first-order valence-electron chi connectivity index (χ1n) is 8.16. The maximum atomic E-state index is 12.5. The van der Waals surface area contributed by atoms with Crippen molar-refractivity contribution in [2.45, 2.75) is 25.3 Å². The summed E-state index contributed by atoms with van der Waals surface area (Å²) in [5.41, 5.74) is 4.22. The highest BCUT2D eigenvalue weighted by molar-refractivity contribution is 5.88. The lowest BCUT2D eigenvalue weighted by Gasteiger charge is -2.13. The molecule has 3 aromatic rings. The summed E-state index contributed by atoms with van der Waals surface area (Å²) in [6.07, 6.45) is 3.97. The normalized spacial score (nSPS) is 16.1. The number of ether oxygens (including phenoxy) is 1. The lowest BCUT2D eigenvalue weighted by atomic mass is 10.1. The van der Waals surface area contributed by atoms with E-state index in [1.165, 1.54) is 11.1 Å². The van der Waals surface area contributed by atoms with Crippen molar-refractivity contribution in [2.24, 2.45) is 0 Å². The van der Waals surface area contributed by atoms with E-state index in [0.29, 0.717) is 6.42 Å². The molecule has 4 rings (SSSR count). The van der Waals surface area contributed by atoms with Gasteiger partial charge in [-0.1, -0.05) is 24.3 Å². The zero-order chi connectivity index (χ0) is 16.5. The van der Waals surface area contributed by atoms with E-state index in [1.807, 2.05) is 24.3 Å². The molecular formula is C20H19NO3. The maximum Gasteiger partial charge on any atom is 0.225 e. The Morgan fingerprint density at radius 3 is 3.04 bits per heavy atom. The third-order valence-electron chi connectivity index (χ3n) is 4.68. The molecule has 122 valence electrons. The zero-order valence-corrected chi connectivity index (χ0v) is 13.5. The fourth-order valence-electron chi connectivity index (χ4n) is 3.45. The highest BCUT2D eigenvalue weighted by atomic mass is 16.5. The first-order chi connectivity index (χ1) is 11.7. The summed E-state index contributed by atoms with van der Waals surface area (Å²) in [5, 5.41) is 4.11. The fourth-order valence-corrected chi connectivity index (χ4v) is 3.45. The van der Waals surface area contributed by atoms with Crippen LogP contribution in [0.5, 0.6) is 5.75 Å². The molecule has 2 aromatic carbocycles. The van der Waals surface area contributed by atoms with Crippen molar-refractivity contribution in [3.05, 3.63) is 65.4 Å². The second-order valence-corrected chi connectivity index (χ2v) is 6.16. The van der Waals surface area contributed by atoms with E-state index in [0.717, 1.165) is 35.1 Å². The molecule has 1 unspecified atom stereocenters. The number of carbonyl (C=O) groups is 1. The topological polar surface area (TPSA) is 51.5 Å². The second kappa shape index (κ2) is 6.04. The van der Waals surface area contributed by atoms with Gasteiger partial charge in [-0.05, 0) is 36.1 Å². The molecule has 4 nitrogen and oxygen atoms in total. The van der Waals surface area contributed by atoms with Crippen LogP contribution in [0.2, 0.25) is 0 Å². The van der Waals surface area contributed by atoms with Gasteiger partial charge in [-0.2, -0.15) is 0 Å². The summed E-state index contributed by atoms with van der Waals surface area (Å²) >= 11 is 0. The SMILES string of the molecule is COc1ccc2c(CC(=O)NC3CCc4ccccc43)coc2c1.